The van der Waals surface area contributed by atoms with Crippen molar-refractivity contribution in [2.24, 2.45) is 0 Å². The van der Waals surface area contributed by atoms with Crippen LogP contribution in [0.3, 0.4) is 0 Å². The molecule has 12 heteroatoms. The zero-order chi connectivity index (χ0) is 28.7. The van der Waals surface area contributed by atoms with Crippen LogP contribution in [0.4, 0.5) is 19.5 Å². The van der Waals surface area contributed by atoms with Gasteiger partial charge in [0.25, 0.3) is 5.69 Å². The normalized spacial score (nSPS) is 11.7. The number of nitro groups is 1. The summed E-state index contributed by atoms with van der Waals surface area (Å²) in [4.78, 5) is 38.3. The molecule has 0 fully saturated rings. The van der Waals surface area contributed by atoms with Crippen LogP contribution in [0.2, 0.25) is 0 Å². The maximum Gasteiger partial charge on any atom is 0.339 e. The van der Waals surface area contributed by atoms with E-state index in [4.69, 9.17) is 4.74 Å². The molecule has 2 aromatic carbocycles. The van der Waals surface area contributed by atoms with Crippen molar-refractivity contribution >= 4 is 49.9 Å². The monoisotopic (exact) mass is 624 g/mol. The van der Waals surface area contributed by atoms with E-state index in [-0.39, 0.29) is 40.2 Å². The number of anilines is 1. The van der Waals surface area contributed by atoms with Gasteiger partial charge in [0, 0.05) is 27.9 Å². The van der Waals surface area contributed by atoms with Crippen LogP contribution in [-0.2, 0) is 21.4 Å². The minimum Gasteiger partial charge on any atom is -0.478 e. The van der Waals surface area contributed by atoms with Crippen molar-refractivity contribution in [3.63, 3.8) is 0 Å². The molecule has 3 rings (SSSR count). The average molecular weight is 625 g/mol. The number of unbranched alkanes of at least 4 members (excludes halogenated alkanes) is 1. The predicted octanol–water partition coefficient (Wildman–Crippen LogP) is 7.32. The van der Waals surface area contributed by atoms with Gasteiger partial charge in [-0.1, -0.05) is 41.8 Å². The van der Waals surface area contributed by atoms with Gasteiger partial charge in [-0.05, 0) is 48.7 Å². The van der Waals surface area contributed by atoms with E-state index in [0.29, 0.717) is 28.8 Å². The minimum atomic E-state index is -1.29. The summed E-state index contributed by atoms with van der Waals surface area (Å²) in [5.41, 5.74) is 0.312. The number of benzene rings is 2. The predicted molar refractivity (Wildman–Crippen MR) is 148 cm³/mol. The topological polar surface area (TPSA) is 110 Å². The van der Waals surface area contributed by atoms with Crippen molar-refractivity contribution in [1.29, 1.82) is 0 Å². The molecule has 3 aromatic rings. The van der Waals surface area contributed by atoms with Crippen LogP contribution in [0.15, 0.2) is 42.5 Å². The number of nitro benzene ring substituents is 1. The van der Waals surface area contributed by atoms with E-state index < -0.39 is 41.1 Å². The van der Waals surface area contributed by atoms with Gasteiger partial charge >= 0.3 is 11.9 Å². The summed E-state index contributed by atoms with van der Waals surface area (Å²) in [7, 11) is 0. The van der Waals surface area contributed by atoms with Gasteiger partial charge < -0.3 is 14.7 Å². The van der Waals surface area contributed by atoms with Gasteiger partial charge in [0.1, 0.15) is 22.7 Å². The average Bonchev–Trinajstić information content (AvgIpc) is 3.29. The van der Waals surface area contributed by atoms with Gasteiger partial charge in [0.2, 0.25) is 0 Å². The van der Waals surface area contributed by atoms with E-state index in [0.717, 1.165) is 23.5 Å². The molecule has 0 saturated heterocycles. The van der Waals surface area contributed by atoms with E-state index in [9.17, 15) is 33.6 Å². The largest absolute Gasteiger partial charge is 0.478 e. The van der Waals surface area contributed by atoms with Gasteiger partial charge in [0.05, 0.1) is 23.6 Å². The molecule has 1 unspecified atom stereocenters. The molecular weight excluding hydrogens is 598 g/mol. The fraction of sp³-hybridized carbons (Fsp3) is 0.333. The maximum atomic E-state index is 14.8. The lowest BCUT2D eigenvalue weighted by Crippen LogP contribution is -2.42. The smallest absolute Gasteiger partial charge is 0.339 e. The van der Waals surface area contributed by atoms with Crippen molar-refractivity contribution in [1.82, 2.24) is 0 Å². The highest BCUT2D eigenvalue weighted by atomic mass is 79.9. The summed E-state index contributed by atoms with van der Waals surface area (Å²) in [5, 5.41) is 21.6. The number of non-ortho nitro benzene ring substituents is 1. The van der Waals surface area contributed by atoms with E-state index in [1.807, 2.05) is 6.92 Å². The lowest BCUT2D eigenvalue weighted by molar-refractivity contribution is -0.384. The lowest BCUT2D eigenvalue weighted by Gasteiger charge is -2.32. The second-order valence-corrected chi connectivity index (χ2v) is 10.1. The summed E-state index contributed by atoms with van der Waals surface area (Å²) < 4.78 is 34.9. The number of carboxylic acids is 1. The fourth-order valence-corrected chi connectivity index (χ4v) is 6.30. The summed E-state index contributed by atoms with van der Waals surface area (Å²) in [5.74, 6) is -3.59. The molecule has 0 aliphatic heterocycles. The van der Waals surface area contributed by atoms with Gasteiger partial charge in [-0.2, -0.15) is 0 Å². The second kappa shape index (κ2) is 13.6. The molecule has 0 bridgehead atoms. The minimum absolute atomic E-state index is 0.0697. The molecule has 0 amide bonds. The Morgan fingerprint density at radius 1 is 1.13 bits per heavy atom. The molecule has 0 spiro atoms. The van der Waals surface area contributed by atoms with Crippen LogP contribution in [0, 0.1) is 21.7 Å². The van der Waals surface area contributed by atoms with Crippen LogP contribution >= 0.6 is 27.3 Å². The first-order valence-electron chi connectivity index (χ1n) is 12.2. The van der Waals surface area contributed by atoms with E-state index >= 15 is 0 Å². The molecular formula is C27H27BrF2N2O6S. The van der Waals surface area contributed by atoms with Gasteiger partial charge in [-0.25, -0.2) is 18.4 Å². The summed E-state index contributed by atoms with van der Waals surface area (Å²) >= 11 is 4.39. The number of carbonyl (C=O) groups is 2. The van der Waals surface area contributed by atoms with Crippen LogP contribution in [0.25, 0.3) is 10.4 Å². The number of carbonyl (C=O) groups excluding carboxylic acids is 1. The molecule has 8 nitrogen and oxygen atoms in total. The van der Waals surface area contributed by atoms with E-state index in [1.165, 1.54) is 35.2 Å². The molecule has 208 valence electrons. The number of aromatic carboxylic acids is 1. The van der Waals surface area contributed by atoms with Crippen molar-refractivity contribution in [3.05, 3.63) is 80.9 Å². The number of ether oxygens (including phenoxy) is 1. The number of hydrogen-bond acceptors (Lipinski definition) is 7. The van der Waals surface area contributed by atoms with E-state index in [1.54, 1.807) is 6.92 Å². The van der Waals surface area contributed by atoms with Crippen molar-refractivity contribution in [2.45, 2.75) is 51.0 Å². The molecule has 0 saturated carbocycles. The Morgan fingerprint density at radius 2 is 1.77 bits per heavy atom. The Labute approximate surface area is 236 Å². The third kappa shape index (κ3) is 6.80. The first-order valence-corrected chi connectivity index (χ1v) is 14.1. The highest BCUT2D eigenvalue weighted by molar-refractivity contribution is 9.08. The summed E-state index contributed by atoms with van der Waals surface area (Å²) in [6.45, 7) is 3.21. The SMILES string of the molecule is CCCCC(C(=O)OCC)N(Cc1c(F)cccc1F)c1sc(-c2ccc([N+](=O)[O-])cc2)c(CBr)c1C(=O)O. The van der Waals surface area contributed by atoms with Gasteiger partial charge in [0.15, 0.2) is 0 Å². The van der Waals surface area contributed by atoms with E-state index in [2.05, 4.69) is 15.9 Å². The number of carboxylic acid groups (broad SMARTS) is 1. The van der Waals surface area contributed by atoms with Crippen molar-refractivity contribution in [3.8, 4) is 10.4 Å². The van der Waals surface area contributed by atoms with Gasteiger partial charge in [-0.3, -0.25) is 10.1 Å². The summed E-state index contributed by atoms with van der Waals surface area (Å²) in [6, 6.07) is 8.03. The maximum absolute atomic E-state index is 14.8. The van der Waals surface area contributed by atoms with Crippen molar-refractivity contribution < 1.29 is 33.1 Å². The zero-order valence-electron chi connectivity index (χ0n) is 21.3. The van der Waals surface area contributed by atoms with Crippen molar-refractivity contribution in [2.75, 3.05) is 11.5 Å². The Kier molecular flexibility index (Phi) is 10.5. The molecule has 0 radical (unpaired) electrons. The van der Waals surface area contributed by atoms with Crippen LogP contribution in [0.5, 0.6) is 0 Å². The Hall–Kier alpha value is -3.38. The number of rotatable bonds is 13. The van der Waals surface area contributed by atoms with Crippen LogP contribution in [-0.4, -0.2) is 34.6 Å². The highest BCUT2D eigenvalue weighted by Gasteiger charge is 2.35. The highest BCUT2D eigenvalue weighted by Crippen LogP contribution is 2.45. The standard InChI is InChI=1S/C27H27BrF2N2O6S/c1-3-5-9-22(27(35)38-4-2)31(15-19-20(29)7-6-8-21(19)30)25-23(26(33)34)18(14-28)24(39-25)16-10-12-17(13-11-16)32(36)37/h6-8,10-13,22H,3-5,9,14-15H2,1-2H3,(H,33,34). The third-order valence-electron chi connectivity index (χ3n) is 6.09. The first kappa shape index (κ1) is 30.2. The molecule has 0 aliphatic carbocycles. The summed E-state index contributed by atoms with van der Waals surface area (Å²) in [6.07, 6.45) is 1.56. The Balaban J connectivity index is 2.29. The zero-order valence-corrected chi connectivity index (χ0v) is 23.7. The molecule has 39 heavy (non-hydrogen) atoms. The number of alkyl halides is 1. The molecule has 1 aromatic heterocycles. The second-order valence-electron chi connectivity index (χ2n) is 8.57. The Bertz CT molecular complexity index is 1330. The quantitative estimate of drug-likeness (QED) is 0.0917. The molecule has 1 atom stereocenters. The van der Waals surface area contributed by atoms with Crippen LogP contribution < -0.4 is 4.90 Å². The number of hydrogen-bond donors (Lipinski definition) is 1. The lowest BCUT2D eigenvalue weighted by atomic mass is 10.0. The third-order valence-corrected chi connectivity index (χ3v) is 7.97. The molecule has 1 N–H and O–H groups in total. The van der Waals surface area contributed by atoms with Crippen LogP contribution in [0.1, 0.15) is 54.6 Å². The first-order chi connectivity index (χ1) is 18.6. The number of halogens is 3. The number of esters is 1. The molecule has 0 aliphatic rings. The Morgan fingerprint density at radius 3 is 2.28 bits per heavy atom. The molecule has 1 heterocycles. The van der Waals surface area contributed by atoms with Gasteiger partial charge in [-0.15, -0.1) is 11.3 Å². The number of thiophene rings is 1. The number of nitrogens with zero attached hydrogens (tertiary/aromatic N) is 2. The fourth-order valence-electron chi connectivity index (χ4n) is 4.18.